The largest absolute Gasteiger partial charge is 0.507 e. The van der Waals surface area contributed by atoms with Gasteiger partial charge in [-0.3, -0.25) is 9.59 Å². The summed E-state index contributed by atoms with van der Waals surface area (Å²) in [5.74, 6) is -1.76. The Morgan fingerprint density at radius 3 is 1.86 bits per heavy atom. The summed E-state index contributed by atoms with van der Waals surface area (Å²) < 4.78 is 13.1. The van der Waals surface area contributed by atoms with E-state index in [0.717, 1.165) is 17.7 Å². The van der Waals surface area contributed by atoms with Crippen molar-refractivity contribution in [1.29, 1.82) is 0 Å². The van der Waals surface area contributed by atoms with Crippen molar-refractivity contribution in [1.82, 2.24) is 0 Å². The number of carbonyl (C=O) groups excluding carboxylic acids is 2. The summed E-state index contributed by atoms with van der Waals surface area (Å²) in [5.41, 5.74) is 1.28. The molecule has 28 heavy (non-hydrogen) atoms. The van der Waals surface area contributed by atoms with Crippen LogP contribution in [0.2, 0.25) is 0 Å². The first kappa shape index (κ1) is 19.3. The van der Waals surface area contributed by atoms with Crippen LogP contribution >= 0.6 is 0 Å². The van der Waals surface area contributed by atoms with Crippen molar-refractivity contribution in [2.45, 2.75) is 19.8 Å². The third-order valence-corrected chi connectivity index (χ3v) is 4.54. The number of aromatic hydroxyl groups is 2. The fraction of sp³-hybridized carbons (Fsp3) is 0.130. The highest BCUT2D eigenvalue weighted by molar-refractivity contribution is 6.15. The molecule has 0 atom stereocenters. The summed E-state index contributed by atoms with van der Waals surface area (Å²) in [6.07, 6.45) is 0. The number of rotatable bonds is 5. The molecule has 0 fully saturated rings. The first-order chi connectivity index (χ1) is 13.3. The van der Waals surface area contributed by atoms with Gasteiger partial charge in [0.15, 0.2) is 11.6 Å². The molecule has 0 spiro atoms. The van der Waals surface area contributed by atoms with Crippen molar-refractivity contribution in [3.63, 3.8) is 0 Å². The van der Waals surface area contributed by atoms with Gasteiger partial charge in [0.2, 0.25) is 0 Å². The molecule has 0 radical (unpaired) electrons. The summed E-state index contributed by atoms with van der Waals surface area (Å²) >= 11 is 0. The van der Waals surface area contributed by atoms with Crippen molar-refractivity contribution in [3.8, 4) is 11.5 Å². The van der Waals surface area contributed by atoms with E-state index in [9.17, 15) is 24.2 Å². The third kappa shape index (κ3) is 3.78. The molecule has 0 aromatic heterocycles. The van der Waals surface area contributed by atoms with Gasteiger partial charge in [-0.1, -0.05) is 19.9 Å². The lowest BCUT2D eigenvalue weighted by atomic mass is 9.94. The number of carbonyl (C=O) groups is 2. The Balaban J connectivity index is 2.01. The molecule has 0 aliphatic rings. The fourth-order valence-electron chi connectivity index (χ4n) is 2.87. The lowest BCUT2D eigenvalue weighted by Gasteiger charge is -2.11. The SMILES string of the molecule is CC(C)c1ccc(O)c(C(=O)c2ccc(O)c(C(=O)c3ccc(F)cc3)c2)c1. The molecular weight excluding hydrogens is 359 g/mol. The predicted molar refractivity (Wildman–Crippen MR) is 104 cm³/mol. The van der Waals surface area contributed by atoms with E-state index in [4.69, 9.17) is 0 Å². The Labute approximate surface area is 161 Å². The Kier molecular flexibility index (Phi) is 5.27. The number of hydrogen-bond donors (Lipinski definition) is 2. The van der Waals surface area contributed by atoms with Crippen molar-refractivity contribution in [3.05, 3.63) is 94.3 Å². The van der Waals surface area contributed by atoms with E-state index in [2.05, 4.69) is 0 Å². The minimum absolute atomic E-state index is 0.0723. The summed E-state index contributed by atoms with van der Waals surface area (Å²) in [6, 6.07) is 13.7. The second-order valence-electron chi connectivity index (χ2n) is 6.83. The van der Waals surface area contributed by atoms with Crippen LogP contribution in [0.3, 0.4) is 0 Å². The normalized spacial score (nSPS) is 10.9. The minimum atomic E-state index is -0.535. The van der Waals surface area contributed by atoms with Gasteiger partial charge in [0.05, 0.1) is 11.1 Å². The molecule has 0 amide bonds. The summed E-state index contributed by atoms with van der Waals surface area (Å²) in [6.45, 7) is 3.95. The standard InChI is InChI=1S/C23H19FO4/c1-13(2)15-5-9-20(25)18(11-15)23(28)16-6-10-21(26)19(12-16)22(27)14-3-7-17(24)8-4-14/h3-13,25-26H,1-2H3. The first-order valence-corrected chi connectivity index (χ1v) is 8.79. The number of hydrogen-bond acceptors (Lipinski definition) is 4. The van der Waals surface area contributed by atoms with Gasteiger partial charge < -0.3 is 10.2 Å². The Hall–Kier alpha value is -3.47. The zero-order valence-electron chi connectivity index (χ0n) is 15.4. The van der Waals surface area contributed by atoms with Crippen LogP contribution in [0.4, 0.5) is 4.39 Å². The predicted octanol–water partition coefficient (Wildman–Crippen LogP) is 4.82. The maximum absolute atomic E-state index is 13.1. The topological polar surface area (TPSA) is 74.6 Å². The van der Waals surface area contributed by atoms with E-state index in [-0.39, 0.29) is 39.7 Å². The van der Waals surface area contributed by atoms with Gasteiger partial charge >= 0.3 is 0 Å². The second-order valence-corrected chi connectivity index (χ2v) is 6.83. The van der Waals surface area contributed by atoms with E-state index in [1.54, 1.807) is 12.1 Å². The van der Waals surface area contributed by atoms with Crippen molar-refractivity contribution >= 4 is 11.6 Å². The van der Waals surface area contributed by atoms with Crippen molar-refractivity contribution in [2.24, 2.45) is 0 Å². The minimum Gasteiger partial charge on any atom is -0.507 e. The Morgan fingerprint density at radius 1 is 0.750 bits per heavy atom. The maximum atomic E-state index is 13.1. The lowest BCUT2D eigenvalue weighted by Crippen LogP contribution is -2.07. The Bertz CT molecular complexity index is 1050. The van der Waals surface area contributed by atoms with Crippen LogP contribution in [0.1, 0.15) is 57.2 Å². The van der Waals surface area contributed by atoms with E-state index in [1.807, 2.05) is 13.8 Å². The van der Waals surface area contributed by atoms with Crippen LogP contribution in [0.25, 0.3) is 0 Å². The zero-order chi connectivity index (χ0) is 20.4. The molecule has 3 aromatic rings. The van der Waals surface area contributed by atoms with Gasteiger partial charge in [-0.15, -0.1) is 0 Å². The third-order valence-electron chi connectivity index (χ3n) is 4.54. The molecular formula is C23H19FO4. The van der Waals surface area contributed by atoms with Crippen LogP contribution in [0, 0.1) is 5.82 Å². The van der Waals surface area contributed by atoms with Gasteiger partial charge in [0, 0.05) is 11.1 Å². The summed E-state index contributed by atoms with van der Waals surface area (Å²) in [4.78, 5) is 25.6. The number of ketones is 2. The molecule has 0 bridgehead atoms. The number of phenolic OH excluding ortho intramolecular Hbond substituents is 2. The van der Waals surface area contributed by atoms with Crippen LogP contribution in [0.5, 0.6) is 11.5 Å². The zero-order valence-corrected chi connectivity index (χ0v) is 15.4. The summed E-state index contributed by atoms with van der Waals surface area (Å²) in [5, 5.41) is 20.2. The van der Waals surface area contributed by atoms with Gasteiger partial charge in [0.1, 0.15) is 17.3 Å². The van der Waals surface area contributed by atoms with Gasteiger partial charge in [-0.25, -0.2) is 4.39 Å². The highest BCUT2D eigenvalue weighted by atomic mass is 19.1. The van der Waals surface area contributed by atoms with Crippen LogP contribution in [-0.4, -0.2) is 21.8 Å². The highest BCUT2D eigenvalue weighted by Gasteiger charge is 2.20. The van der Waals surface area contributed by atoms with Crippen molar-refractivity contribution in [2.75, 3.05) is 0 Å². The number of benzene rings is 3. The average molecular weight is 378 g/mol. The molecule has 4 nitrogen and oxygen atoms in total. The van der Waals surface area contributed by atoms with E-state index >= 15 is 0 Å². The highest BCUT2D eigenvalue weighted by Crippen LogP contribution is 2.28. The van der Waals surface area contributed by atoms with E-state index in [1.165, 1.54) is 36.4 Å². The van der Waals surface area contributed by atoms with Crippen LogP contribution in [-0.2, 0) is 0 Å². The average Bonchev–Trinajstić information content (AvgIpc) is 2.68. The molecule has 142 valence electrons. The fourth-order valence-corrected chi connectivity index (χ4v) is 2.87. The molecule has 3 aromatic carbocycles. The molecule has 2 N–H and O–H groups in total. The van der Waals surface area contributed by atoms with E-state index < -0.39 is 17.4 Å². The molecule has 0 aliphatic carbocycles. The van der Waals surface area contributed by atoms with Gasteiger partial charge in [0.25, 0.3) is 0 Å². The van der Waals surface area contributed by atoms with Crippen molar-refractivity contribution < 1.29 is 24.2 Å². The Morgan fingerprint density at radius 2 is 1.25 bits per heavy atom. The molecule has 0 unspecified atom stereocenters. The molecule has 0 saturated carbocycles. The molecule has 0 saturated heterocycles. The lowest BCUT2D eigenvalue weighted by molar-refractivity contribution is 0.103. The number of phenols is 2. The van der Waals surface area contributed by atoms with Crippen LogP contribution < -0.4 is 0 Å². The smallest absolute Gasteiger partial charge is 0.196 e. The first-order valence-electron chi connectivity index (χ1n) is 8.79. The second kappa shape index (κ2) is 7.64. The van der Waals surface area contributed by atoms with Gasteiger partial charge in [-0.2, -0.15) is 0 Å². The molecule has 0 aliphatic heterocycles. The van der Waals surface area contributed by atoms with Gasteiger partial charge in [-0.05, 0) is 66.1 Å². The number of halogens is 1. The molecule has 3 rings (SSSR count). The molecule has 0 heterocycles. The monoisotopic (exact) mass is 378 g/mol. The molecule has 5 heteroatoms. The quantitative estimate of drug-likeness (QED) is 0.624. The van der Waals surface area contributed by atoms with E-state index in [0.29, 0.717) is 0 Å². The maximum Gasteiger partial charge on any atom is 0.196 e. The van der Waals surface area contributed by atoms with Crippen LogP contribution in [0.15, 0.2) is 60.7 Å². The summed E-state index contributed by atoms with van der Waals surface area (Å²) in [7, 11) is 0.